The fourth-order valence-corrected chi connectivity index (χ4v) is 2.16. The molecule has 0 aliphatic rings. The van der Waals surface area contributed by atoms with E-state index in [9.17, 15) is 13.2 Å². The highest BCUT2D eigenvalue weighted by molar-refractivity contribution is 5.79. The molecule has 2 rings (SSSR count). The van der Waals surface area contributed by atoms with Crippen LogP contribution in [0.3, 0.4) is 0 Å². The molecule has 0 spiro atoms. The van der Waals surface area contributed by atoms with Crippen LogP contribution in [-0.2, 0) is 13.1 Å². The van der Waals surface area contributed by atoms with E-state index in [1.807, 2.05) is 6.92 Å². The lowest BCUT2D eigenvalue weighted by molar-refractivity contribution is -0.0498. The van der Waals surface area contributed by atoms with E-state index in [0.29, 0.717) is 25.6 Å². The number of hydrogen-bond acceptors (Lipinski definition) is 2. The maximum atomic E-state index is 13.2. The fraction of sp³-hybridized carbons (Fsp3) is 0.278. The topological polar surface area (TPSA) is 45.7 Å². The number of hydrogen-bond donors (Lipinski definition) is 2. The van der Waals surface area contributed by atoms with E-state index in [0.717, 1.165) is 11.1 Å². The van der Waals surface area contributed by atoms with Crippen LogP contribution in [0.2, 0.25) is 0 Å². The second kappa shape index (κ2) is 9.56. The van der Waals surface area contributed by atoms with Gasteiger partial charge in [-0.15, -0.1) is 0 Å². The molecule has 7 heteroatoms. The number of aliphatic imine (C=N–C) groups is 1. The average Bonchev–Trinajstić information content (AvgIpc) is 2.57. The Morgan fingerprint density at radius 2 is 1.84 bits per heavy atom. The van der Waals surface area contributed by atoms with Gasteiger partial charge in [0.25, 0.3) is 0 Å². The average molecular weight is 351 g/mol. The molecule has 0 aromatic heterocycles. The highest BCUT2D eigenvalue weighted by atomic mass is 19.3. The van der Waals surface area contributed by atoms with E-state index in [1.165, 1.54) is 24.3 Å². The Morgan fingerprint density at radius 3 is 2.56 bits per heavy atom. The van der Waals surface area contributed by atoms with Gasteiger partial charge in [0, 0.05) is 13.1 Å². The van der Waals surface area contributed by atoms with Crippen LogP contribution in [0.4, 0.5) is 13.2 Å². The Morgan fingerprint density at radius 1 is 1.08 bits per heavy atom. The van der Waals surface area contributed by atoms with E-state index in [4.69, 9.17) is 0 Å². The monoisotopic (exact) mass is 351 g/mol. The summed E-state index contributed by atoms with van der Waals surface area (Å²) in [6.07, 6.45) is 0. The van der Waals surface area contributed by atoms with Crippen LogP contribution < -0.4 is 15.4 Å². The quantitative estimate of drug-likeness (QED) is 0.591. The lowest BCUT2D eigenvalue weighted by Crippen LogP contribution is -2.36. The lowest BCUT2D eigenvalue weighted by atomic mass is 10.2. The minimum absolute atomic E-state index is 0.107. The van der Waals surface area contributed by atoms with Crippen LogP contribution in [-0.4, -0.2) is 19.1 Å². The SMILES string of the molecule is CCNC(=NCc1cccc(F)c1)NCc1cccc(OC(F)F)c1. The zero-order valence-electron chi connectivity index (χ0n) is 13.8. The number of guanidine groups is 1. The van der Waals surface area contributed by atoms with Crippen LogP contribution >= 0.6 is 0 Å². The molecule has 2 aromatic rings. The predicted molar refractivity (Wildman–Crippen MR) is 91.1 cm³/mol. The molecule has 0 amide bonds. The van der Waals surface area contributed by atoms with Crippen LogP contribution in [0.1, 0.15) is 18.1 Å². The molecule has 0 aliphatic heterocycles. The van der Waals surface area contributed by atoms with Gasteiger partial charge in [0.1, 0.15) is 11.6 Å². The van der Waals surface area contributed by atoms with Gasteiger partial charge in [0.2, 0.25) is 0 Å². The van der Waals surface area contributed by atoms with E-state index < -0.39 is 6.61 Å². The van der Waals surface area contributed by atoms with Gasteiger partial charge >= 0.3 is 6.61 Å². The summed E-state index contributed by atoms with van der Waals surface area (Å²) in [5.41, 5.74) is 1.53. The summed E-state index contributed by atoms with van der Waals surface area (Å²) in [5, 5.41) is 6.18. The smallest absolute Gasteiger partial charge is 0.387 e. The zero-order valence-corrected chi connectivity index (χ0v) is 13.8. The second-order valence-corrected chi connectivity index (χ2v) is 5.20. The van der Waals surface area contributed by atoms with Gasteiger partial charge in [0.15, 0.2) is 5.96 Å². The number of nitrogens with zero attached hydrogens (tertiary/aromatic N) is 1. The number of nitrogens with one attached hydrogen (secondary N) is 2. The molecule has 0 bridgehead atoms. The van der Waals surface area contributed by atoms with Gasteiger partial charge in [-0.25, -0.2) is 9.38 Å². The highest BCUT2D eigenvalue weighted by Gasteiger charge is 2.05. The van der Waals surface area contributed by atoms with Crippen LogP contribution in [0.25, 0.3) is 0 Å². The third-order valence-corrected chi connectivity index (χ3v) is 3.24. The molecule has 0 saturated carbocycles. The summed E-state index contributed by atoms with van der Waals surface area (Å²) < 4.78 is 42.1. The molecule has 0 saturated heterocycles. The molecular weight excluding hydrogens is 331 g/mol. The predicted octanol–water partition coefficient (Wildman–Crippen LogP) is 3.68. The summed E-state index contributed by atoms with van der Waals surface area (Å²) in [4.78, 5) is 4.39. The van der Waals surface area contributed by atoms with Crippen LogP contribution in [0, 0.1) is 5.82 Å². The Kier molecular flexibility index (Phi) is 7.13. The first-order valence-electron chi connectivity index (χ1n) is 7.87. The van der Waals surface area contributed by atoms with Gasteiger partial charge in [-0.3, -0.25) is 0 Å². The summed E-state index contributed by atoms with van der Waals surface area (Å²) in [7, 11) is 0. The van der Waals surface area contributed by atoms with Crippen molar-refractivity contribution in [2.24, 2.45) is 4.99 Å². The number of halogens is 3. The third kappa shape index (κ3) is 6.74. The van der Waals surface area contributed by atoms with Crippen LogP contribution in [0.5, 0.6) is 5.75 Å². The number of ether oxygens (including phenoxy) is 1. The molecule has 0 fully saturated rings. The van der Waals surface area contributed by atoms with Crippen molar-refractivity contribution in [2.75, 3.05) is 6.54 Å². The molecule has 0 unspecified atom stereocenters. The summed E-state index contributed by atoms with van der Waals surface area (Å²) in [5.74, 6) is 0.351. The van der Waals surface area contributed by atoms with Crippen molar-refractivity contribution in [3.63, 3.8) is 0 Å². The van der Waals surface area contributed by atoms with E-state index in [1.54, 1.807) is 24.3 Å². The van der Waals surface area contributed by atoms with E-state index >= 15 is 0 Å². The fourth-order valence-electron chi connectivity index (χ4n) is 2.16. The van der Waals surface area contributed by atoms with E-state index in [2.05, 4.69) is 20.4 Å². The van der Waals surface area contributed by atoms with Crippen molar-refractivity contribution in [1.29, 1.82) is 0 Å². The molecule has 0 heterocycles. The molecule has 0 aliphatic carbocycles. The van der Waals surface area contributed by atoms with E-state index in [-0.39, 0.29) is 11.6 Å². The minimum Gasteiger partial charge on any atom is -0.435 e. The molecule has 2 aromatic carbocycles. The highest BCUT2D eigenvalue weighted by Crippen LogP contribution is 2.15. The molecular formula is C18H20F3N3O. The maximum absolute atomic E-state index is 13.2. The summed E-state index contributed by atoms with van der Waals surface area (Å²) in [6.45, 7) is 0.435. The molecule has 134 valence electrons. The Balaban J connectivity index is 1.98. The number of benzene rings is 2. The maximum Gasteiger partial charge on any atom is 0.387 e. The molecule has 25 heavy (non-hydrogen) atoms. The van der Waals surface area contributed by atoms with Gasteiger partial charge in [-0.2, -0.15) is 8.78 Å². The Bertz CT molecular complexity index is 707. The van der Waals surface area contributed by atoms with Crippen molar-refractivity contribution < 1.29 is 17.9 Å². The first-order valence-corrected chi connectivity index (χ1v) is 7.87. The van der Waals surface area contributed by atoms with Crippen molar-refractivity contribution >= 4 is 5.96 Å². The van der Waals surface area contributed by atoms with Crippen molar-refractivity contribution in [2.45, 2.75) is 26.6 Å². The summed E-state index contributed by atoms with van der Waals surface area (Å²) in [6, 6.07) is 12.7. The van der Waals surface area contributed by atoms with Crippen molar-refractivity contribution in [1.82, 2.24) is 10.6 Å². The number of rotatable bonds is 7. The molecule has 2 N–H and O–H groups in total. The van der Waals surface area contributed by atoms with Gasteiger partial charge in [0.05, 0.1) is 6.54 Å². The Hall–Kier alpha value is -2.70. The number of alkyl halides is 2. The zero-order chi connectivity index (χ0) is 18.1. The summed E-state index contributed by atoms with van der Waals surface area (Å²) >= 11 is 0. The third-order valence-electron chi connectivity index (χ3n) is 3.24. The first-order chi connectivity index (χ1) is 12.1. The molecule has 0 atom stereocenters. The Labute approximate surface area is 144 Å². The standard InChI is InChI=1S/C18H20F3N3O/c1-2-22-18(23-11-13-5-3-7-15(19)9-13)24-12-14-6-4-8-16(10-14)25-17(20)21/h3-10,17H,2,11-12H2,1H3,(H2,22,23,24). The second-order valence-electron chi connectivity index (χ2n) is 5.20. The minimum atomic E-state index is -2.85. The molecule has 4 nitrogen and oxygen atoms in total. The first kappa shape index (κ1) is 18.6. The normalized spacial score (nSPS) is 11.5. The van der Waals surface area contributed by atoms with Gasteiger partial charge < -0.3 is 15.4 Å². The largest absolute Gasteiger partial charge is 0.435 e. The van der Waals surface area contributed by atoms with Crippen molar-refractivity contribution in [3.8, 4) is 5.75 Å². The lowest BCUT2D eigenvalue weighted by Gasteiger charge is -2.12. The van der Waals surface area contributed by atoms with Crippen molar-refractivity contribution in [3.05, 3.63) is 65.5 Å². The van der Waals surface area contributed by atoms with Crippen LogP contribution in [0.15, 0.2) is 53.5 Å². The molecule has 0 radical (unpaired) electrons. The van der Waals surface area contributed by atoms with Gasteiger partial charge in [-0.05, 0) is 42.3 Å². The van der Waals surface area contributed by atoms with Gasteiger partial charge in [-0.1, -0.05) is 24.3 Å².